The standard InChI is InChI=1S/C32H37N5O4S.2ClH/c1-5-37-26-8-7-24(21-27(26)35(4)30(39)32(2,3)31(37)40)41-19-6-14-34-25(22-9-15-33-16-10-22)12-18-36-17-11-23-13-20-42-28(23)29(36)38;;/h7-11,13,15-17,20-21,25,34H,5-6,12,14,18-19H2,1-4H3;2*1H. The molecule has 0 saturated heterocycles. The van der Waals surface area contributed by atoms with E-state index in [0.717, 1.165) is 28.5 Å². The maximum Gasteiger partial charge on any atom is 0.268 e. The second kappa shape index (κ2) is 15.0. The van der Waals surface area contributed by atoms with Crippen LogP contribution in [0.2, 0.25) is 0 Å². The summed E-state index contributed by atoms with van der Waals surface area (Å²) in [6.07, 6.45) is 6.94. The number of carbonyl (C=O) groups is 2. The Bertz CT molecular complexity index is 1640. The summed E-state index contributed by atoms with van der Waals surface area (Å²) in [5.74, 6) is 0.192. The highest BCUT2D eigenvalue weighted by Gasteiger charge is 2.45. The molecule has 0 bridgehead atoms. The molecule has 2 amide bonds. The van der Waals surface area contributed by atoms with Gasteiger partial charge in [0.05, 0.1) is 22.7 Å². The number of aromatic nitrogens is 2. The predicted molar refractivity (Wildman–Crippen MR) is 182 cm³/mol. The number of benzene rings is 1. The van der Waals surface area contributed by atoms with Crippen molar-refractivity contribution in [3.8, 4) is 5.75 Å². The highest BCUT2D eigenvalue weighted by molar-refractivity contribution is 7.17. The number of pyridine rings is 2. The van der Waals surface area contributed by atoms with Gasteiger partial charge < -0.3 is 24.4 Å². The van der Waals surface area contributed by atoms with E-state index in [0.29, 0.717) is 43.4 Å². The first-order valence-corrected chi connectivity index (χ1v) is 15.2. The number of nitrogens with one attached hydrogen (secondary N) is 1. The Kier molecular flexibility index (Phi) is 12.0. The Morgan fingerprint density at radius 1 is 1.00 bits per heavy atom. The number of nitrogens with zero attached hydrogens (tertiary/aromatic N) is 4. The van der Waals surface area contributed by atoms with Crippen LogP contribution in [-0.4, -0.2) is 48.1 Å². The molecule has 5 rings (SSSR count). The van der Waals surface area contributed by atoms with Gasteiger partial charge in [-0.2, -0.15) is 0 Å². The summed E-state index contributed by atoms with van der Waals surface area (Å²) in [5.41, 5.74) is 1.38. The van der Waals surface area contributed by atoms with Crippen LogP contribution in [0, 0.1) is 5.41 Å². The molecule has 1 atom stereocenters. The molecular weight excluding hydrogens is 621 g/mol. The second-order valence-electron chi connectivity index (χ2n) is 11.0. The van der Waals surface area contributed by atoms with Crippen molar-refractivity contribution < 1.29 is 14.3 Å². The van der Waals surface area contributed by atoms with Gasteiger partial charge in [-0.15, -0.1) is 36.2 Å². The number of rotatable bonds is 11. The number of anilines is 2. The molecule has 0 radical (unpaired) electrons. The minimum absolute atomic E-state index is 0. The molecule has 0 spiro atoms. The molecule has 1 aliphatic rings. The van der Waals surface area contributed by atoms with Crippen LogP contribution in [0.3, 0.4) is 0 Å². The van der Waals surface area contributed by atoms with E-state index < -0.39 is 5.41 Å². The average molecular weight is 661 g/mol. The van der Waals surface area contributed by atoms with E-state index in [9.17, 15) is 14.4 Å². The molecule has 1 aliphatic heterocycles. The van der Waals surface area contributed by atoms with Gasteiger partial charge in [0.25, 0.3) is 5.56 Å². The van der Waals surface area contributed by atoms with E-state index in [1.54, 1.807) is 47.7 Å². The zero-order valence-corrected chi connectivity index (χ0v) is 27.8. The molecule has 0 saturated carbocycles. The van der Waals surface area contributed by atoms with Crippen LogP contribution < -0.4 is 25.4 Å². The van der Waals surface area contributed by atoms with E-state index in [1.165, 1.54) is 11.3 Å². The van der Waals surface area contributed by atoms with Crippen molar-refractivity contribution in [2.24, 2.45) is 5.41 Å². The van der Waals surface area contributed by atoms with Crippen molar-refractivity contribution in [1.82, 2.24) is 14.9 Å². The molecule has 9 nitrogen and oxygen atoms in total. The van der Waals surface area contributed by atoms with Gasteiger partial charge in [-0.05, 0) is 92.9 Å². The van der Waals surface area contributed by atoms with Crippen LogP contribution in [-0.2, 0) is 16.1 Å². The van der Waals surface area contributed by atoms with Crippen molar-refractivity contribution in [2.75, 3.05) is 36.5 Å². The first-order chi connectivity index (χ1) is 20.2. The Morgan fingerprint density at radius 3 is 2.48 bits per heavy atom. The van der Waals surface area contributed by atoms with Gasteiger partial charge in [0.2, 0.25) is 11.8 Å². The first kappa shape index (κ1) is 35.0. The number of carbonyl (C=O) groups excluding carboxylic acids is 2. The van der Waals surface area contributed by atoms with E-state index in [-0.39, 0.29) is 48.2 Å². The maximum absolute atomic E-state index is 13.1. The molecule has 12 heteroatoms. The van der Waals surface area contributed by atoms with Gasteiger partial charge in [0, 0.05) is 50.8 Å². The lowest BCUT2D eigenvalue weighted by atomic mass is 9.90. The summed E-state index contributed by atoms with van der Waals surface area (Å²) in [6, 6.07) is 13.5. The molecule has 4 aromatic rings. The number of fused-ring (bicyclic) bond motifs is 2. The van der Waals surface area contributed by atoms with Crippen LogP contribution in [0.1, 0.15) is 45.2 Å². The first-order valence-electron chi connectivity index (χ1n) is 14.3. The summed E-state index contributed by atoms with van der Waals surface area (Å²) in [5, 5.41) is 6.56. The minimum atomic E-state index is -1.15. The Morgan fingerprint density at radius 2 is 1.75 bits per heavy atom. The number of hydrogen-bond acceptors (Lipinski definition) is 7. The van der Waals surface area contributed by atoms with Crippen LogP contribution >= 0.6 is 36.2 Å². The summed E-state index contributed by atoms with van der Waals surface area (Å²) in [6.45, 7) is 7.51. The maximum atomic E-state index is 13.1. The number of thiophene rings is 1. The summed E-state index contributed by atoms with van der Waals surface area (Å²) < 4.78 is 8.64. The highest BCUT2D eigenvalue weighted by Crippen LogP contribution is 2.40. The highest BCUT2D eigenvalue weighted by atomic mass is 35.5. The number of hydrogen-bond donors (Lipinski definition) is 1. The quantitative estimate of drug-likeness (QED) is 0.160. The SMILES string of the molecule is CCN1C(=O)C(C)(C)C(=O)N(C)c2cc(OCCCNC(CCn3ccc4ccsc4c3=O)c3ccncc3)ccc21.Cl.Cl. The summed E-state index contributed by atoms with van der Waals surface area (Å²) in [4.78, 5) is 46.5. The Labute approximate surface area is 274 Å². The zero-order valence-electron chi connectivity index (χ0n) is 25.3. The van der Waals surface area contributed by atoms with Crippen molar-refractivity contribution in [3.05, 3.63) is 82.4 Å². The smallest absolute Gasteiger partial charge is 0.268 e. The van der Waals surface area contributed by atoms with E-state index in [1.807, 2.05) is 61.0 Å². The third-order valence-corrected chi connectivity index (χ3v) is 8.79. The fraction of sp³-hybridized carbons (Fsp3) is 0.375. The van der Waals surface area contributed by atoms with Crippen LogP contribution in [0.15, 0.2) is 71.2 Å². The monoisotopic (exact) mass is 659 g/mol. The lowest BCUT2D eigenvalue weighted by molar-refractivity contribution is -0.137. The third kappa shape index (κ3) is 7.10. The predicted octanol–water partition coefficient (Wildman–Crippen LogP) is 5.85. The molecule has 1 N–H and O–H groups in total. The number of halogens is 2. The number of ether oxygens (including phenoxy) is 1. The Balaban J connectivity index is 0.00000264. The molecule has 1 aromatic carbocycles. The lowest BCUT2D eigenvalue weighted by Crippen LogP contribution is -2.47. The van der Waals surface area contributed by atoms with Crippen LogP contribution in [0.5, 0.6) is 5.75 Å². The van der Waals surface area contributed by atoms with E-state index in [4.69, 9.17) is 4.74 Å². The molecule has 0 fully saturated rings. The number of aryl methyl sites for hydroxylation is 1. The van der Waals surface area contributed by atoms with Gasteiger partial charge in [-0.25, -0.2) is 0 Å². The number of amides is 2. The van der Waals surface area contributed by atoms with Crippen LogP contribution in [0.4, 0.5) is 11.4 Å². The van der Waals surface area contributed by atoms with Crippen LogP contribution in [0.25, 0.3) is 10.1 Å². The van der Waals surface area contributed by atoms with Gasteiger partial charge in [0.15, 0.2) is 0 Å². The average Bonchev–Trinajstić information content (AvgIpc) is 3.48. The topological polar surface area (TPSA) is 96.8 Å². The van der Waals surface area contributed by atoms with Gasteiger partial charge >= 0.3 is 0 Å². The largest absolute Gasteiger partial charge is 0.493 e. The molecule has 4 heterocycles. The molecule has 1 unspecified atom stereocenters. The van der Waals surface area contributed by atoms with Crippen molar-refractivity contribution in [2.45, 2.75) is 46.2 Å². The van der Waals surface area contributed by atoms with E-state index >= 15 is 0 Å². The lowest BCUT2D eigenvalue weighted by Gasteiger charge is -2.27. The normalized spacial score (nSPS) is 14.8. The van der Waals surface area contributed by atoms with Gasteiger partial charge in [0.1, 0.15) is 11.2 Å². The molecule has 236 valence electrons. The fourth-order valence-corrected chi connectivity index (χ4v) is 6.27. The van der Waals surface area contributed by atoms with Gasteiger partial charge in [-0.1, -0.05) is 0 Å². The van der Waals surface area contributed by atoms with Crippen molar-refractivity contribution in [1.29, 1.82) is 0 Å². The molecule has 0 aliphatic carbocycles. The summed E-state index contributed by atoms with van der Waals surface area (Å²) >= 11 is 1.48. The van der Waals surface area contributed by atoms with Crippen molar-refractivity contribution >= 4 is 69.4 Å². The van der Waals surface area contributed by atoms with Gasteiger partial charge in [-0.3, -0.25) is 19.4 Å². The Hall–Kier alpha value is -3.44. The van der Waals surface area contributed by atoms with Crippen molar-refractivity contribution in [3.63, 3.8) is 0 Å². The zero-order chi connectivity index (χ0) is 29.9. The second-order valence-corrected chi connectivity index (χ2v) is 11.9. The molecule has 44 heavy (non-hydrogen) atoms. The van der Waals surface area contributed by atoms with E-state index in [2.05, 4.69) is 10.3 Å². The third-order valence-electron chi connectivity index (χ3n) is 7.87. The molecular formula is C32H39Cl2N5O4S. The minimum Gasteiger partial charge on any atom is -0.493 e. The summed E-state index contributed by atoms with van der Waals surface area (Å²) in [7, 11) is 1.70. The molecule has 3 aromatic heterocycles. The fourth-order valence-electron chi connectivity index (χ4n) is 5.43.